The number of pyridine rings is 1. The fourth-order valence-electron chi connectivity index (χ4n) is 3.30. The molecule has 0 saturated carbocycles. The Balaban J connectivity index is 2.13. The molecule has 25 heavy (non-hydrogen) atoms. The van der Waals surface area contributed by atoms with Crippen molar-refractivity contribution >= 4 is 16.8 Å². The number of nitrogens with zero attached hydrogens (tertiary/aromatic N) is 3. The molecule has 0 radical (unpaired) electrons. The van der Waals surface area contributed by atoms with Crippen molar-refractivity contribution in [1.82, 2.24) is 19.9 Å². The first-order chi connectivity index (χ1) is 12.1. The Kier molecular flexibility index (Phi) is 3.60. The maximum Gasteiger partial charge on any atom is 0.267 e. The summed E-state index contributed by atoms with van der Waals surface area (Å²) in [4.78, 5) is 34.9. The van der Waals surface area contributed by atoms with Crippen LogP contribution in [0.1, 0.15) is 47.6 Å². The molecule has 6 heteroatoms. The Labute approximate surface area is 144 Å². The lowest BCUT2D eigenvalue weighted by molar-refractivity contribution is 0.0935. The number of hydrogen-bond donors (Lipinski definition) is 1. The summed E-state index contributed by atoms with van der Waals surface area (Å²) in [5.41, 5.74) is 1.82. The fourth-order valence-corrected chi connectivity index (χ4v) is 3.30. The van der Waals surface area contributed by atoms with Crippen LogP contribution in [0, 0.1) is 6.92 Å². The number of carbonyl (C=O) groups excluding carboxylic acids is 1. The average molecular weight is 334 g/mol. The minimum Gasteiger partial charge on any atom is -0.342 e. The quantitative estimate of drug-likeness (QED) is 0.782. The van der Waals surface area contributed by atoms with E-state index in [0.717, 1.165) is 12.0 Å². The average Bonchev–Trinajstić information content (AvgIpc) is 2.72. The van der Waals surface area contributed by atoms with Gasteiger partial charge in [0.1, 0.15) is 5.82 Å². The zero-order valence-electron chi connectivity index (χ0n) is 14.1. The molecule has 1 atom stereocenters. The number of nitrogens with one attached hydrogen (secondary N) is 1. The number of carbonyl (C=O) groups is 1. The summed E-state index contributed by atoms with van der Waals surface area (Å²) in [5.74, 6) is 0.648. The monoisotopic (exact) mass is 334 g/mol. The highest BCUT2D eigenvalue weighted by Crippen LogP contribution is 2.26. The van der Waals surface area contributed by atoms with Crippen LogP contribution in [-0.4, -0.2) is 20.4 Å². The van der Waals surface area contributed by atoms with Crippen LogP contribution in [0.5, 0.6) is 0 Å². The molecule has 1 N–H and O–H groups in total. The van der Waals surface area contributed by atoms with Gasteiger partial charge in [-0.25, -0.2) is 14.5 Å². The topological polar surface area (TPSA) is 76.9 Å². The van der Waals surface area contributed by atoms with Gasteiger partial charge in [-0.05, 0) is 37.6 Å². The van der Waals surface area contributed by atoms with Crippen molar-refractivity contribution in [1.29, 1.82) is 0 Å². The molecule has 4 rings (SSSR count). The second-order valence-corrected chi connectivity index (χ2v) is 6.32. The van der Waals surface area contributed by atoms with Gasteiger partial charge in [-0.1, -0.05) is 25.0 Å². The molecule has 1 unspecified atom stereocenters. The molecular weight excluding hydrogens is 316 g/mol. The van der Waals surface area contributed by atoms with E-state index >= 15 is 0 Å². The first-order valence-electron chi connectivity index (χ1n) is 8.39. The van der Waals surface area contributed by atoms with Gasteiger partial charge < -0.3 is 5.32 Å². The van der Waals surface area contributed by atoms with E-state index in [1.165, 1.54) is 4.57 Å². The number of hydrogen-bond acceptors (Lipinski definition) is 4. The highest BCUT2D eigenvalue weighted by molar-refractivity contribution is 5.98. The summed E-state index contributed by atoms with van der Waals surface area (Å²) in [5, 5.41) is 3.53. The van der Waals surface area contributed by atoms with E-state index in [1.807, 2.05) is 32.0 Å². The van der Waals surface area contributed by atoms with Crippen molar-refractivity contribution in [2.75, 3.05) is 0 Å². The molecule has 3 aromatic rings. The minimum absolute atomic E-state index is 0.193. The molecule has 1 aliphatic heterocycles. The lowest BCUT2D eigenvalue weighted by Crippen LogP contribution is -2.30. The Morgan fingerprint density at radius 3 is 2.88 bits per heavy atom. The van der Waals surface area contributed by atoms with Crippen molar-refractivity contribution in [3.05, 3.63) is 63.8 Å². The van der Waals surface area contributed by atoms with Gasteiger partial charge in [0.15, 0.2) is 5.82 Å². The van der Waals surface area contributed by atoms with Crippen molar-refractivity contribution in [3.63, 3.8) is 0 Å². The Hall–Kier alpha value is -3.02. The van der Waals surface area contributed by atoms with Crippen LogP contribution in [-0.2, 0) is 0 Å². The van der Waals surface area contributed by atoms with Gasteiger partial charge in [-0.3, -0.25) is 9.59 Å². The van der Waals surface area contributed by atoms with E-state index in [-0.39, 0.29) is 17.5 Å². The van der Waals surface area contributed by atoms with Crippen molar-refractivity contribution in [2.24, 2.45) is 0 Å². The molecule has 2 aromatic heterocycles. The Morgan fingerprint density at radius 1 is 1.24 bits per heavy atom. The maximum absolute atomic E-state index is 13.2. The van der Waals surface area contributed by atoms with Crippen molar-refractivity contribution in [2.45, 2.75) is 32.7 Å². The third-order valence-corrected chi connectivity index (χ3v) is 4.49. The Bertz CT molecular complexity index is 1050. The first kappa shape index (κ1) is 15.5. The van der Waals surface area contributed by atoms with Gasteiger partial charge >= 0.3 is 0 Å². The predicted octanol–water partition coefficient (Wildman–Crippen LogP) is 2.67. The molecule has 0 spiro atoms. The standard InChI is InChI=1S/C19H18N4O2/c1-3-5-15-17-21-14-8-7-11(2)10-13(14)19(25)23(17)16-12(18(24)22-15)6-4-9-20-16/h4,6-10,15H,3,5H2,1-2H3,(H,22,24). The van der Waals surface area contributed by atoms with Crippen LogP contribution in [0.3, 0.4) is 0 Å². The van der Waals surface area contributed by atoms with E-state index < -0.39 is 0 Å². The minimum atomic E-state index is -0.329. The summed E-state index contributed by atoms with van der Waals surface area (Å²) < 4.78 is 1.50. The van der Waals surface area contributed by atoms with Crippen molar-refractivity contribution < 1.29 is 4.79 Å². The van der Waals surface area contributed by atoms with E-state index in [0.29, 0.717) is 34.5 Å². The van der Waals surface area contributed by atoms with Crippen molar-refractivity contribution in [3.8, 4) is 5.82 Å². The van der Waals surface area contributed by atoms with E-state index in [9.17, 15) is 9.59 Å². The molecular formula is C19H18N4O2. The van der Waals surface area contributed by atoms with Gasteiger partial charge in [0.05, 0.1) is 22.5 Å². The normalized spacial score (nSPS) is 16.1. The third kappa shape index (κ3) is 2.41. The fraction of sp³-hybridized carbons (Fsp3) is 0.263. The summed E-state index contributed by atoms with van der Waals surface area (Å²) in [6.45, 7) is 3.97. The van der Waals surface area contributed by atoms with Gasteiger partial charge in [-0.2, -0.15) is 0 Å². The van der Waals surface area contributed by atoms with Crippen LogP contribution < -0.4 is 10.9 Å². The molecule has 1 aromatic carbocycles. The van der Waals surface area contributed by atoms with Crippen LogP contribution in [0.2, 0.25) is 0 Å². The van der Waals surface area contributed by atoms with Crippen LogP contribution in [0.15, 0.2) is 41.3 Å². The zero-order chi connectivity index (χ0) is 17.6. The summed E-state index contributed by atoms with van der Waals surface area (Å²) in [7, 11) is 0. The predicted molar refractivity (Wildman–Crippen MR) is 95.0 cm³/mol. The summed E-state index contributed by atoms with van der Waals surface area (Å²) in [6.07, 6.45) is 3.14. The molecule has 1 amide bonds. The molecule has 0 bridgehead atoms. The lowest BCUT2D eigenvalue weighted by Gasteiger charge is -2.18. The smallest absolute Gasteiger partial charge is 0.267 e. The van der Waals surface area contributed by atoms with E-state index in [2.05, 4.69) is 10.3 Å². The highest BCUT2D eigenvalue weighted by Gasteiger charge is 2.29. The van der Waals surface area contributed by atoms with E-state index in [1.54, 1.807) is 18.3 Å². The summed E-state index contributed by atoms with van der Waals surface area (Å²) >= 11 is 0. The van der Waals surface area contributed by atoms with Gasteiger partial charge in [0, 0.05) is 6.20 Å². The lowest BCUT2D eigenvalue weighted by atomic mass is 10.1. The number of aryl methyl sites for hydroxylation is 1. The van der Waals surface area contributed by atoms with E-state index in [4.69, 9.17) is 4.98 Å². The molecule has 1 aliphatic rings. The first-order valence-corrected chi connectivity index (χ1v) is 8.39. The number of fused-ring (bicyclic) bond motifs is 4. The van der Waals surface area contributed by atoms with Crippen LogP contribution in [0.25, 0.3) is 16.7 Å². The SMILES string of the molecule is CCCC1NC(=O)c2cccnc2-n2c1nc1ccc(C)cc1c2=O. The molecule has 6 nitrogen and oxygen atoms in total. The molecule has 0 fully saturated rings. The molecule has 3 heterocycles. The number of aromatic nitrogens is 3. The number of amides is 1. The van der Waals surface area contributed by atoms with Gasteiger partial charge in [0.25, 0.3) is 11.5 Å². The molecule has 126 valence electrons. The molecule has 0 saturated heterocycles. The van der Waals surface area contributed by atoms with Gasteiger partial charge in [0.2, 0.25) is 0 Å². The maximum atomic E-state index is 13.2. The number of rotatable bonds is 2. The molecule has 0 aliphatic carbocycles. The van der Waals surface area contributed by atoms with Crippen LogP contribution >= 0.6 is 0 Å². The summed E-state index contributed by atoms with van der Waals surface area (Å²) in [6, 6.07) is 8.66. The third-order valence-electron chi connectivity index (χ3n) is 4.49. The Morgan fingerprint density at radius 2 is 2.08 bits per heavy atom. The van der Waals surface area contributed by atoms with Crippen LogP contribution in [0.4, 0.5) is 0 Å². The number of benzene rings is 1. The largest absolute Gasteiger partial charge is 0.342 e. The second kappa shape index (κ2) is 5.81. The highest BCUT2D eigenvalue weighted by atomic mass is 16.2. The van der Waals surface area contributed by atoms with Gasteiger partial charge in [-0.15, -0.1) is 0 Å². The zero-order valence-corrected chi connectivity index (χ0v) is 14.1. The second-order valence-electron chi connectivity index (χ2n) is 6.32.